The van der Waals surface area contributed by atoms with Gasteiger partial charge in [0.2, 0.25) is 5.96 Å². The number of nitrogens with one attached hydrogen (secondary N) is 2. The van der Waals surface area contributed by atoms with Gasteiger partial charge in [-0.2, -0.15) is 0 Å². The van der Waals surface area contributed by atoms with Crippen LogP contribution in [0.1, 0.15) is 39.5 Å². The molecule has 0 spiro atoms. The third-order valence-corrected chi connectivity index (χ3v) is 3.77. The molecule has 5 heteroatoms. The van der Waals surface area contributed by atoms with E-state index in [1.165, 1.54) is 32.4 Å². The van der Waals surface area contributed by atoms with Crippen molar-refractivity contribution >= 4 is 5.96 Å². The number of rotatable bonds is 5. The molecule has 106 valence electrons. The van der Waals surface area contributed by atoms with Crippen molar-refractivity contribution in [1.82, 2.24) is 15.6 Å². The summed E-state index contributed by atoms with van der Waals surface area (Å²) in [6, 6.07) is 0. The molecule has 0 aromatic heterocycles. The van der Waals surface area contributed by atoms with Gasteiger partial charge >= 0.3 is 0 Å². The Labute approximate surface area is 111 Å². The number of hydrogen-bond acceptors (Lipinski definition) is 3. The minimum Gasteiger partial charge on any atom is -0.355 e. The average molecular weight is 255 g/mol. The van der Waals surface area contributed by atoms with Crippen molar-refractivity contribution in [1.29, 1.82) is 0 Å². The van der Waals surface area contributed by atoms with E-state index < -0.39 is 0 Å². The van der Waals surface area contributed by atoms with E-state index in [0.29, 0.717) is 5.41 Å². The maximum Gasteiger partial charge on any atom is 0.205 e. The second-order valence-electron chi connectivity index (χ2n) is 5.70. The number of likely N-dealkylation sites (tertiary alicyclic amines) is 1. The molecule has 0 atom stereocenters. The zero-order chi connectivity index (χ0) is 13.4. The summed E-state index contributed by atoms with van der Waals surface area (Å²) in [5.74, 6) is 6.21. The maximum absolute atomic E-state index is 5.48. The molecule has 1 aliphatic rings. The fourth-order valence-corrected chi connectivity index (χ4v) is 2.12. The van der Waals surface area contributed by atoms with E-state index in [2.05, 4.69) is 41.5 Å². The van der Waals surface area contributed by atoms with Crippen LogP contribution in [0.5, 0.6) is 0 Å². The highest BCUT2D eigenvalue weighted by Crippen LogP contribution is 2.30. The molecule has 0 aromatic carbocycles. The number of unbranched alkanes of at least 4 members (excludes halogenated alkanes) is 1. The van der Waals surface area contributed by atoms with Gasteiger partial charge in [0.05, 0.1) is 0 Å². The molecule has 1 fully saturated rings. The van der Waals surface area contributed by atoms with Gasteiger partial charge in [-0.1, -0.05) is 20.3 Å². The van der Waals surface area contributed by atoms with Gasteiger partial charge in [-0.05, 0) is 44.8 Å². The topological polar surface area (TPSA) is 65.7 Å². The number of guanidine groups is 1. The third-order valence-electron chi connectivity index (χ3n) is 3.77. The molecule has 0 amide bonds. The molecule has 0 aromatic rings. The van der Waals surface area contributed by atoms with Crippen LogP contribution in [-0.4, -0.2) is 44.1 Å². The number of nitrogens with zero attached hydrogens (tertiary/aromatic N) is 2. The van der Waals surface area contributed by atoms with Crippen LogP contribution < -0.4 is 16.6 Å². The molecule has 0 aliphatic carbocycles. The summed E-state index contributed by atoms with van der Waals surface area (Å²) in [5.41, 5.74) is 2.98. The summed E-state index contributed by atoms with van der Waals surface area (Å²) in [6.45, 7) is 8.61. The Morgan fingerprint density at radius 1 is 1.39 bits per heavy atom. The van der Waals surface area contributed by atoms with Gasteiger partial charge in [-0.15, -0.1) is 0 Å². The number of aliphatic imine (C=N–C) groups is 1. The van der Waals surface area contributed by atoms with Gasteiger partial charge in [0, 0.05) is 13.1 Å². The Bertz CT molecular complexity index is 256. The number of piperidine rings is 1. The molecule has 0 radical (unpaired) electrons. The molecule has 1 aliphatic heterocycles. The van der Waals surface area contributed by atoms with Crippen LogP contribution in [0.15, 0.2) is 4.99 Å². The van der Waals surface area contributed by atoms with Crippen molar-refractivity contribution < 1.29 is 0 Å². The normalized spacial score (nSPS) is 20.8. The van der Waals surface area contributed by atoms with E-state index in [1.807, 2.05) is 0 Å². The molecule has 1 rings (SSSR count). The van der Waals surface area contributed by atoms with Crippen LogP contribution in [0, 0.1) is 5.41 Å². The molecular formula is C13H29N5. The van der Waals surface area contributed by atoms with Crippen LogP contribution >= 0.6 is 0 Å². The number of nitrogens with two attached hydrogens (primary N) is 1. The monoisotopic (exact) mass is 255 g/mol. The SMILES string of the molecule is CCCCNC(=NCC1(C)CCN(C)CC1)NN. The standard InChI is InChI=1S/C13H29N5/c1-4-5-8-15-12(17-14)16-11-13(2)6-9-18(3)10-7-13/h4-11,14H2,1-3H3,(H2,15,16,17). The van der Waals surface area contributed by atoms with Crippen molar-refractivity contribution in [2.75, 3.05) is 33.2 Å². The van der Waals surface area contributed by atoms with Crippen molar-refractivity contribution in [3.8, 4) is 0 Å². The minimum absolute atomic E-state index is 0.320. The van der Waals surface area contributed by atoms with Gasteiger partial charge in [0.1, 0.15) is 0 Å². The molecule has 18 heavy (non-hydrogen) atoms. The van der Waals surface area contributed by atoms with Crippen molar-refractivity contribution in [2.45, 2.75) is 39.5 Å². The number of hydrogen-bond donors (Lipinski definition) is 3. The lowest BCUT2D eigenvalue weighted by Crippen LogP contribution is -2.43. The van der Waals surface area contributed by atoms with Crippen molar-refractivity contribution in [2.24, 2.45) is 16.3 Å². The van der Waals surface area contributed by atoms with E-state index in [4.69, 9.17) is 5.84 Å². The van der Waals surface area contributed by atoms with Crippen LogP contribution in [0.2, 0.25) is 0 Å². The lowest BCUT2D eigenvalue weighted by Gasteiger charge is -2.36. The Morgan fingerprint density at radius 2 is 2.06 bits per heavy atom. The highest BCUT2D eigenvalue weighted by Gasteiger charge is 2.28. The number of hydrazine groups is 1. The summed E-state index contributed by atoms with van der Waals surface area (Å²) in [6.07, 6.45) is 4.73. The highest BCUT2D eigenvalue weighted by molar-refractivity contribution is 5.79. The van der Waals surface area contributed by atoms with Gasteiger partial charge in [-0.3, -0.25) is 10.4 Å². The minimum atomic E-state index is 0.320. The van der Waals surface area contributed by atoms with Gasteiger partial charge < -0.3 is 10.2 Å². The summed E-state index contributed by atoms with van der Waals surface area (Å²) in [7, 11) is 2.18. The summed E-state index contributed by atoms with van der Waals surface area (Å²) >= 11 is 0. The van der Waals surface area contributed by atoms with Crippen molar-refractivity contribution in [3.63, 3.8) is 0 Å². The van der Waals surface area contributed by atoms with Gasteiger partial charge in [-0.25, -0.2) is 5.84 Å². The summed E-state index contributed by atoms with van der Waals surface area (Å²) in [4.78, 5) is 6.97. The predicted octanol–water partition coefficient (Wildman–Crippen LogP) is 0.927. The molecule has 1 heterocycles. The predicted molar refractivity (Wildman–Crippen MR) is 77.4 cm³/mol. The summed E-state index contributed by atoms with van der Waals surface area (Å²) < 4.78 is 0. The first-order valence-electron chi connectivity index (χ1n) is 7.03. The summed E-state index contributed by atoms with van der Waals surface area (Å²) in [5, 5.41) is 3.24. The van der Waals surface area contributed by atoms with Crippen molar-refractivity contribution in [3.05, 3.63) is 0 Å². The second-order valence-corrected chi connectivity index (χ2v) is 5.70. The Morgan fingerprint density at radius 3 is 2.61 bits per heavy atom. The van der Waals surface area contributed by atoms with Gasteiger partial charge in [0.15, 0.2) is 0 Å². The lowest BCUT2D eigenvalue weighted by atomic mass is 9.80. The Balaban J connectivity index is 2.39. The maximum atomic E-state index is 5.48. The Kier molecular flexibility index (Phi) is 6.43. The zero-order valence-electron chi connectivity index (χ0n) is 12.1. The van der Waals surface area contributed by atoms with Crippen LogP contribution in [0.25, 0.3) is 0 Å². The molecule has 0 bridgehead atoms. The fraction of sp³-hybridized carbons (Fsp3) is 0.923. The molecule has 4 N–H and O–H groups in total. The quantitative estimate of drug-likeness (QED) is 0.225. The van der Waals surface area contributed by atoms with Gasteiger partial charge in [0.25, 0.3) is 0 Å². The molecule has 5 nitrogen and oxygen atoms in total. The average Bonchev–Trinajstić information content (AvgIpc) is 2.38. The van der Waals surface area contributed by atoms with E-state index >= 15 is 0 Å². The van der Waals surface area contributed by atoms with Crippen LogP contribution in [-0.2, 0) is 0 Å². The molecular weight excluding hydrogens is 226 g/mol. The Hall–Kier alpha value is -0.810. The van der Waals surface area contributed by atoms with E-state index in [0.717, 1.165) is 25.5 Å². The smallest absolute Gasteiger partial charge is 0.205 e. The lowest BCUT2D eigenvalue weighted by molar-refractivity contribution is 0.147. The zero-order valence-corrected chi connectivity index (χ0v) is 12.1. The van der Waals surface area contributed by atoms with Crippen LogP contribution in [0.3, 0.4) is 0 Å². The van der Waals surface area contributed by atoms with E-state index in [1.54, 1.807) is 0 Å². The van der Waals surface area contributed by atoms with E-state index in [9.17, 15) is 0 Å². The molecule has 0 unspecified atom stereocenters. The highest BCUT2D eigenvalue weighted by atomic mass is 15.3. The molecule has 0 saturated carbocycles. The fourth-order valence-electron chi connectivity index (χ4n) is 2.12. The first-order valence-corrected chi connectivity index (χ1v) is 7.03. The largest absolute Gasteiger partial charge is 0.355 e. The molecule has 1 saturated heterocycles. The third kappa shape index (κ3) is 5.23. The first kappa shape index (κ1) is 15.2. The first-order chi connectivity index (χ1) is 8.59. The second kappa shape index (κ2) is 7.59. The van der Waals surface area contributed by atoms with Crippen LogP contribution in [0.4, 0.5) is 0 Å². The van der Waals surface area contributed by atoms with E-state index in [-0.39, 0.29) is 0 Å².